The van der Waals surface area contributed by atoms with Crippen molar-refractivity contribution in [3.63, 3.8) is 0 Å². The first-order valence-electron chi connectivity index (χ1n) is 8.88. The molecule has 6 nitrogen and oxygen atoms in total. The van der Waals surface area contributed by atoms with Crippen LogP contribution in [0.4, 0.5) is 4.39 Å². The van der Waals surface area contributed by atoms with Crippen molar-refractivity contribution in [2.75, 3.05) is 33.3 Å². The van der Waals surface area contributed by atoms with Crippen LogP contribution in [0.5, 0.6) is 5.75 Å². The number of nitrogens with zero attached hydrogens (tertiary/aromatic N) is 2. The third-order valence-corrected chi connectivity index (χ3v) is 7.00. The van der Waals surface area contributed by atoms with Crippen LogP contribution in [0.3, 0.4) is 0 Å². The summed E-state index contributed by atoms with van der Waals surface area (Å²) in [7, 11) is -2.34. The molecule has 1 fully saturated rings. The highest BCUT2D eigenvalue weighted by Gasteiger charge is 2.30. The lowest BCUT2D eigenvalue weighted by atomic mass is 10.2. The van der Waals surface area contributed by atoms with E-state index < -0.39 is 15.8 Å². The van der Waals surface area contributed by atoms with Gasteiger partial charge < -0.3 is 9.64 Å². The first kappa shape index (κ1) is 21.3. The number of methoxy groups -OCH3 is 1. The van der Waals surface area contributed by atoms with Crippen LogP contribution in [-0.2, 0) is 14.8 Å². The van der Waals surface area contributed by atoms with Gasteiger partial charge in [-0.3, -0.25) is 4.79 Å². The fourth-order valence-corrected chi connectivity index (χ4v) is 4.92. The maximum Gasteiger partial charge on any atom is 0.246 e. The van der Waals surface area contributed by atoms with Crippen LogP contribution < -0.4 is 4.74 Å². The molecule has 29 heavy (non-hydrogen) atoms. The highest BCUT2D eigenvalue weighted by Crippen LogP contribution is 2.25. The second-order valence-corrected chi connectivity index (χ2v) is 8.70. The van der Waals surface area contributed by atoms with Crippen molar-refractivity contribution in [1.82, 2.24) is 9.21 Å². The summed E-state index contributed by atoms with van der Waals surface area (Å²) < 4.78 is 45.4. The molecular weight excluding hydrogens is 419 g/mol. The fraction of sp³-hybridized carbons (Fsp3) is 0.250. The highest BCUT2D eigenvalue weighted by molar-refractivity contribution is 7.89. The zero-order chi connectivity index (χ0) is 21.0. The summed E-state index contributed by atoms with van der Waals surface area (Å²) >= 11 is 6.02. The van der Waals surface area contributed by atoms with Gasteiger partial charge in [0.25, 0.3) is 0 Å². The van der Waals surface area contributed by atoms with Gasteiger partial charge in [0.05, 0.1) is 12.1 Å². The van der Waals surface area contributed by atoms with Crippen molar-refractivity contribution in [1.29, 1.82) is 0 Å². The summed E-state index contributed by atoms with van der Waals surface area (Å²) in [4.78, 5) is 14.0. The van der Waals surface area contributed by atoms with Crippen LogP contribution in [0.15, 0.2) is 53.4 Å². The lowest BCUT2D eigenvalue weighted by molar-refractivity contribution is -0.127. The molecule has 9 heteroatoms. The van der Waals surface area contributed by atoms with Crippen molar-refractivity contribution in [2.45, 2.75) is 4.90 Å². The molecule has 3 rings (SSSR count). The molecule has 1 amide bonds. The zero-order valence-electron chi connectivity index (χ0n) is 15.7. The van der Waals surface area contributed by atoms with Gasteiger partial charge in [0.1, 0.15) is 4.90 Å². The van der Waals surface area contributed by atoms with E-state index in [1.165, 1.54) is 47.8 Å². The van der Waals surface area contributed by atoms with Crippen molar-refractivity contribution < 1.29 is 22.3 Å². The Morgan fingerprint density at radius 2 is 1.83 bits per heavy atom. The molecule has 2 aromatic carbocycles. The number of rotatable bonds is 5. The van der Waals surface area contributed by atoms with Gasteiger partial charge >= 0.3 is 0 Å². The average Bonchev–Trinajstić information content (AvgIpc) is 2.72. The molecule has 0 atom stereocenters. The molecule has 1 heterocycles. The third kappa shape index (κ3) is 4.77. The number of benzene rings is 2. The summed E-state index contributed by atoms with van der Waals surface area (Å²) in [5.41, 5.74) is 0.525. The van der Waals surface area contributed by atoms with Crippen molar-refractivity contribution >= 4 is 33.6 Å². The van der Waals surface area contributed by atoms with Crippen LogP contribution in [0, 0.1) is 5.82 Å². The fourth-order valence-electron chi connectivity index (χ4n) is 3.00. The zero-order valence-corrected chi connectivity index (χ0v) is 17.3. The van der Waals surface area contributed by atoms with Gasteiger partial charge in [0.2, 0.25) is 15.9 Å². The van der Waals surface area contributed by atoms with E-state index in [1.54, 1.807) is 23.1 Å². The normalized spacial score (nSPS) is 15.6. The Balaban J connectivity index is 1.62. The monoisotopic (exact) mass is 438 g/mol. The Kier molecular flexibility index (Phi) is 6.56. The van der Waals surface area contributed by atoms with Gasteiger partial charge in [-0.1, -0.05) is 29.8 Å². The molecule has 0 bridgehead atoms. The van der Waals surface area contributed by atoms with Crippen LogP contribution in [0.2, 0.25) is 5.02 Å². The Bertz CT molecular complexity index is 1030. The lowest BCUT2D eigenvalue weighted by Gasteiger charge is -2.33. The van der Waals surface area contributed by atoms with Gasteiger partial charge in [-0.25, -0.2) is 12.8 Å². The van der Waals surface area contributed by atoms with Crippen molar-refractivity contribution in [3.8, 4) is 5.75 Å². The van der Waals surface area contributed by atoms with Crippen LogP contribution in [0.25, 0.3) is 6.08 Å². The predicted molar refractivity (Wildman–Crippen MR) is 109 cm³/mol. The minimum atomic E-state index is -3.72. The minimum absolute atomic E-state index is 0.0582. The molecule has 154 valence electrons. The Hall–Kier alpha value is -2.42. The molecule has 0 N–H and O–H groups in total. The smallest absolute Gasteiger partial charge is 0.246 e. The van der Waals surface area contributed by atoms with E-state index in [2.05, 4.69) is 0 Å². The number of halogens is 2. The molecular formula is C20H20ClFN2O4S. The predicted octanol–water partition coefficient (Wildman–Crippen LogP) is 3.03. The SMILES string of the molecule is COc1ccc(/C=C/C(=O)N2CCN(S(=O)(=O)c3ccccc3Cl)CC2)cc1F. The van der Waals surface area contributed by atoms with Crippen molar-refractivity contribution in [2.24, 2.45) is 0 Å². The van der Waals surface area contributed by atoms with E-state index in [1.807, 2.05) is 0 Å². The van der Waals surface area contributed by atoms with E-state index in [0.717, 1.165) is 0 Å². The molecule has 1 aliphatic rings. The van der Waals surface area contributed by atoms with Gasteiger partial charge in [-0.2, -0.15) is 4.31 Å². The quantitative estimate of drug-likeness (QED) is 0.673. The molecule has 1 saturated heterocycles. The second-order valence-electron chi connectivity index (χ2n) is 6.39. The van der Waals surface area contributed by atoms with Crippen LogP contribution >= 0.6 is 11.6 Å². The molecule has 0 spiro atoms. The summed E-state index contributed by atoms with van der Waals surface area (Å²) in [5.74, 6) is -0.652. The van der Waals surface area contributed by atoms with E-state index in [4.69, 9.17) is 16.3 Å². The van der Waals surface area contributed by atoms with Gasteiger partial charge in [-0.15, -0.1) is 0 Å². The Labute approximate surface area is 174 Å². The standard InChI is InChI=1S/C20H20ClFN2O4S/c1-28-18-8-6-15(14-17(18)22)7-9-20(25)23-10-12-24(13-11-23)29(26,27)19-5-3-2-4-16(19)21/h2-9,14H,10-13H2,1H3/b9-7+. The van der Waals surface area contributed by atoms with E-state index in [9.17, 15) is 17.6 Å². The van der Waals surface area contributed by atoms with Crippen LogP contribution in [-0.4, -0.2) is 56.8 Å². The molecule has 2 aromatic rings. The lowest BCUT2D eigenvalue weighted by Crippen LogP contribution is -2.50. The minimum Gasteiger partial charge on any atom is -0.494 e. The number of hydrogen-bond acceptors (Lipinski definition) is 4. The van der Waals surface area contributed by atoms with Gasteiger partial charge in [-0.05, 0) is 35.9 Å². The molecule has 0 saturated carbocycles. The molecule has 0 aromatic heterocycles. The first-order chi connectivity index (χ1) is 13.8. The van der Waals surface area contributed by atoms with Crippen LogP contribution in [0.1, 0.15) is 5.56 Å². The largest absolute Gasteiger partial charge is 0.494 e. The van der Waals surface area contributed by atoms with E-state index in [-0.39, 0.29) is 47.8 Å². The number of carbonyl (C=O) groups is 1. The number of carbonyl (C=O) groups excluding carboxylic acids is 1. The number of sulfonamides is 1. The topological polar surface area (TPSA) is 66.9 Å². The third-order valence-electron chi connectivity index (χ3n) is 4.60. The Morgan fingerprint density at radius 1 is 1.14 bits per heavy atom. The van der Waals surface area contributed by atoms with E-state index in [0.29, 0.717) is 5.56 Å². The first-order valence-corrected chi connectivity index (χ1v) is 10.7. The maximum atomic E-state index is 13.7. The summed E-state index contributed by atoms with van der Waals surface area (Å²) in [6, 6.07) is 10.7. The van der Waals surface area contributed by atoms with E-state index >= 15 is 0 Å². The van der Waals surface area contributed by atoms with Gasteiger partial charge in [0, 0.05) is 32.3 Å². The molecule has 0 aliphatic carbocycles. The summed E-state index contributed by atoms with van der Waals surface area (Å²) in [6.45, 7) is 0.849. The summed E-state index contributed by atoms with van der Waals surface area (Å²) in [5, 5.41) is 0.167. The number of ether oxygens (including phenoxy) is 1. The molecule has 1 aliphatic heterocycles. The molecule has 0 unspecified atom stereocenters. The molecule has 0 radical (unpaired) electrons. The highest BCUT2D eigenvalue weighted by atomic mass is 35.5. The van der Waals surface area contributed by atoms with Gasteiger partial charge in [0.15, 0.2) is 11.6 Å². The Morgan fingerprint density at radius 3 is 2.45 bits per heavy atom. The average molecular weight is 439 g/mol. The maximum absolute atomic E-state index is 13.7. The second kappa shape index (κ2) is 8.94. The summed E-state index contributed by atoms with van der Waals surface area (Å²) in [6.07, 6.45) is 2.86. The number of piperazine rings is 1. The number of hydrogen-bond donors (Lipinski definition) is 0. The van der Waals surface area contributed by atoms with Crippen molar-refractivity contribution in [3.05, 3.63) is 64.9 Å². The number of amides is 1.